The van der Waals surface area contributed by atoms with Crippen molar-refractivity contribution >= 4 is 23.2 Å². The fraction of sp³-hybridized carbons (Fsp3) is 0.458. The smallest absolute Gasteiger partial charge is 0.227 e. The number of piperazine rings is 1. The second kappa shape index (κ2) is 8.94. The van der Waals surface area contributed by atoms with Crippen LogP contribution in [0.15, 0.2) is 36.4 Å². The molecule has 1 N–H and O–H groups in total. The van der Waals surface area contributed by atoms with Gasteiger partial charge in [0.1, 0.15) is 5.82 Å². The van der Waals surface area contributed by atoms with E-state index in [9.17, 15) is 9.18 Å². The molecule has 2 fully saturated rings. The van der Waals surface area contributed by atoms with Crippen LogP contribution in [0, 0.1) is 25.6 Å². The molecule has 2 aliphatic rings. The van der Waals surface area contributed by atoms with E-state index >= 15 is 0 Å². The molecule has 2 heterocycles. The normalized spacial score (nSPS) is 22.3. The minimum Gasteiger partial charge on any atom is -0.368 e. The summed E-state index contributed by atoms with van der Waals surface area (Å²) >= 11 is 6.18. The highest BCUT2D eigenvalue weighted by Crippen LogP contribution is 2.34. The molecule has 0 bridgehead atoms. The molecule has 0 unspecified atom stereocenters. The van der Waals surface area contributed by atoms with Crippen LogP contribution in [0.3, 0.4) is 0 Å². The lowest BCUT2D eigenvalue weighted by atomic mass is 9.79. The molecule has 2 aromatic carbocycles. The fourth-order valence-electron chi connectivity index (χ4n) is 4.75. The quantitative estimate of drug-likeness (QED) is 0.796. The van der Waals surface area contributed by atoms with Crippen molar-refractivity contribution in [3.63, 3.8) is 0 Å². The second-order valence-electron chi connectivity index (χ2n) is 8.47. The zero-order valence-corrected chi connectivity index (χ0v) is 18.4. The first-order valence-corrected chi connectivity index (χ1v) is 11.1. The summed E-state index contributed by atoms with van der Waals surface area (Å²) in [5, 5.41) is 4.07. The number of amides is 1. The van der Waals surface area contributed by atoms with Crippen molar-refractivity contribution < 1.29 is 9.18 Å². The number of nitrogens with one attached hydrogen (secondary N) is 1. The average molecular weight is 430 g/mol. The van der Waals surface area contributed by atoms with Crippen LogP contribution in [0.2, 0.25) is 5.02 Å². The van der Waals surface area contributed by atoms with Gasteiger partial charge in [-0.05, 0) is 61.7 Å². The number of carbonyl (C=O) groups is 1. The number of piperidine rings is 1. The summed E-state index contributed by atoms with van der Waals surface area (Å²) in [5.74, 6) is -0.362. The van der Waals surface area contributed by atoms with Gasteiger partial charge in [-0.3, -0.25) is 4.79 Å². The van der Waals surface area contributed by atoms with E-state index in [1.54, 1.807) is 6.07 Å². The molecular formula is C24H29ClFN3O. The molecule has 1 amide bonds. The van der Waals surface area contributed by atoms with Gasteiger partial charge in [-0.1, -0.05) is 29.8 Å². The van der Waals surface area contributed by atoms with E-state index in [0.29, 0.717) is 25.2 Å². The molecule has 160 valence electrons. The Hall–Kier alpha value is -2.11. The third-order valence-electron chi connectivity index (χ3n) is 6.46. The standard InChI is InChI=1S/C24H29ClFN3O/c1-16-3-6-20(22(26)13-16)19-7-8-27-15-21(19)24(30)29-11-9-28(10-12-29)23-14-18(25)5-4-17(23)2/h3-6,13-14,19,21,27H,7-12,15H2,1-2H3/t19-,21-/m1/s1. The molecule has 0 aromatic heterocycles. The minimum absolute atomic E-state index is 0.0763. The van der Waals surface area contributed by atoms with Gasteiger partial charge in [-0.2, -0.15) is 0 Å². The van der Waals surface area contributed by atoms with Crippen LogP contribution in [0.5, 0.6) is 0 Å². The maximum atomic E-state index is 14.7. The summed E-state index contributed by atoms with van der Waals surface area (Å²) in [4.78, 5) is 17.6. The van der Waals surface area contributed by atoms with Crippen molar-refractivity contribution in [2.45, 2.75) is 26.2 Å². The summed E-state index contributed by atoms with van der Waals surface area (Å²) in [6, 6.07) is 11.3. The Morgan fingerprint density at radius 2 is 1.87 bits per heavy atom. The van der Waals surface area contributed by atoms with Crippen molar-refractivity contribution in [1.29, 1.82) is 0 Å². The molecular weight excluding hydrogens is 401 g/mol. The summed E-state index contributed by atoms with van der Waals surface area (Å²) in [6.45, 7) is 8.27. The molecule has 4 rings (SSSR count). The lowest BCUT2D eigenvalue weighted by molar-refractivity contribution is -0.137. The molecule has 2 atom stereocenters. The molecule has 0 saturated carbocycles. The molecule has 2 saturated heterocycles. The van der Waals surface area contributed by atoms with E-state index in [4.69, 9.17) is 11.6 Å². The van der Waals surface area contributed by atoms with Gasteiger partial charge >= 0.3 is 0 Å². The van der Waals surface area contributed by atoms with E-state index in [1.165, 1.54) is 5.56 Å². The molecule has 6 heteroatoms. The van der Waals surface area contributed by atoms with Crippen LogP contribution in [0.4, 0.5) is 10.1 Å². The zero-order valence-electron chi connectivity index (χ0n) is 17.6. The van der Waals surface area contributed by atoms with Crippen LogP contribution in [-0.4, -0.2) is 50.1 Å². The monoisotopic (exact) mass is 429 g/mol. The number of rotatable bonds is 3. The number of hydrogen-bond acceptors (Lipinski definition) is 3. The van der Waals surface area contributed by atoms with Crippen molar-refractivity contribution in [1.82, 2.24) is 10.2 Å². The average Bonchev–Trinajstić information content (AvgIpc) is 2.75. The highest BCUT2D eigenvalue weighted by molar-refractivity contribution is 6.30. The maximum Gasteiger partial charge on any atom is 0.227 e. The predicted octanol–water partition coefficient (Wildman–Crippen LogP) is 4.14. The molecule has 2 aromatic rings. The third kappa shape index (κ3) is 4.33. The van der Waals surface area contributed by atoms with Gasteiger partial charge in [-0.25, -0.2) is 4.39 Å². The number of benzene rings is 2. The summed E-state index contributed by atoms with van der Waals surface area (Å²) in [6.07, 6.45) is 0.776. The minimum atomic E-state index is -0.226. The highest BCUT2D eigenvalue weighted by atomic mass is 35.5. The number of carbonyl (C=O) groups excluding carboxylic acids is 1. The van der Waals surface area contributed by atoms with Crippen LogP contribution < -0.4 is 10.2 Å². The van der Waals surface area contributed by atoms with Crippen LogP contribution >= 0.6 is 11.6 Å². The van der Waals surface area contributed by atoms with Gasteiger partial charge in [0.25, 0.3) is 0 Å². The number of nitrogens with zero attached hydrogens (tertiary/aromatic N) is 2. The lowest BCUT2D eigenvalue weighted by Gasteiger charge is -2.40. The number of anilines is 1. The highest BCUT2D eigenvalue weighted by Gasteiger charge is 2.36. The third-order valence-corrected chi connectivity index (χ3v) is 6.69. The first-order valence-electron chi connectivity index (χ1n) is 10.7. The second-order valence-corrected chi connectivity index (χ2v) is 8.91. The largest absolute Gasteiger partial charge is 0.368 e. The SMILES string of the molecule is Cc1ccc([C@H]2CCNC[C@H]2C(=O)N2CCN(c3cc(Cl)ccc3C)CC2)c(F)c1. The van der Waals surface area contributed by atoms with Gasteiger partial charge in [0, 0.05) is 49.4 Å². The summed E-state index contributed by atoms with van der Waals surface area (Å²) in [7, 11) is 0. The summed E-state index contributed by atoms with van der Waals surface area (Å²) < 4.78 is 14.7. The van der Waals surface area contributed by atoms with Crippen LogP contribution in [0.25, 0.3) is 0 Å². The van der Waals surface area contributed by atoms with E-state index < -0.39 is 0 Å². The van der Waals surface area contributed by atoms with Crippen LogP contribution in [-0.2, 0) is 4.79 Å². The Kier molecular flexibility index (Phi) is 6.30. The molecule has 0 aliphatic carbocycles. The summed E-state index contributed by atoms with van der Waals surface area (Å²) in [5.41, 5.74) is 3.90. The molecule has 0 radical (unpaired) electrons. The van der Waals surface area contributed by atoms with Crippen molar-refractivity contribution in [2.75, 3.05) is 44.2 Å². The maximum absolute atomic E-state index is 14.7. The molecule has 0 spiro atoms. The Balaban J connectivity index is 1.46. The molecule has 2 aliphatic heterocycles. The van der Waals surface area contributed by atoms with E-state index in [0.717, 1.165) is 42.3 Å². The van der Waals surface area contributed by atoms with Crippen LogP contribution in [0.1, 0.15) is 29.0 Å². The van der Waals surface area contributed by atoms with E-state index in [-0.39, 0.29) is 23.6 Å². The first kappa shape index (κ1) is 21.1. The topological polar surface area (TPSA) is 35.6 Å². The number of hydrogen-bond donors (Lipinski definition) is 1. The van der Waals surface area contributed by atoms with Gasteiger partial charge in [0.15, 0.2) is 0 Å². The number of halogens is 2. The van der Waals surface area contributed by atoms with Gasteiger partial charge in [0.05, 0.1) is 5.92 Å². The fourth-order valence-corrected chi connectivity index (χ4v) is 4.91. The van der Waals surface area contributed by atoms with Crippen molar-refractivity contribution in [2.24, 2.45) is 5.92 Å². The Morgan fingerprint density at radius 3 is 2.60 bits per heavy atom. The predicted molar refractivity (Wildman–Crippen MR) is 120 cm³/mol. The van der Waals surface area contributed by atoms with Gasteiger partial charge < -0.3 is 15.1 Å². The molecule has 30 heavy (non-hydrogen) atoms. The Morgan fingerprint density at radius 1 is 1.10 bits per heavy atom. The van der Waals surface area contributed by atoms with Crippen molar-refractivity contribution in [3.8, 4) is 0 Å². The van der Waals surface area contributed by atoms with Crippen molar-refractivity contribution in [3.05, 3.63) is 63.9 Å². The zero-order chi connectivity index (χ0) is 21.3. The van der Waals surface area contributed by atoms with Gasteiger partial charge in [0.2, 0.25) is 5.91 Å². The number of aryl methyl sites for hydroxylation is 2. The Labute approximate surface area is 183 Å². The van der Waals surface area contributed by atoms with E-state index in [2.05, 4.69) is 17.1 Å². The van der Waals surface area contributed by atoms with Gasteiger partial charge in [-0.15, -0.1) is 0 Å². The van der Waals surface area contributed by atoms with E-state index in [1.807, 2.05) is 42.2 Å². The first-order chi connectivity index (χ1) is 14.4. The Bertz CT molecular complexity index is 927. The lowest BCUT2D eigenvalue weighted by Crippen LogP contribution is -2.53. The molecule has 4 nitrogen and oxygen atoms in total.